The van der Waals surface area contributed by atoms with Gasteiger partial charge in [0.05, 0.1) is 12.8 Å². The molecule has 1 aromatic carbocycles. The van der Waals surface area contributed by atoms with Crippen LogP contribution < -0.4 is 4.74 Å². The smallest absolute Gasteiger partial charge is 0.433 e. The third-order valence-corrected chi connectivity index (χ3v) is 2.86. The molecule has 21 heavy (non-hydrogen) atoms. The summed E-state index contributed by atoms with van der Waals surface area (Å²) in [6.07, 6.45) is -3.51. The van der Waals surface area contributed by atoms with E-state index < -0.39 is 17.7 Å². The maximum absolute atomic E-state index is 13.9. The number of nitrogens with zero attached hydrogens (tertiary/aromatic N) is 1. The van der Waals surface area contributed by atoms with Crippen LogP contribution in [0.1, 0.15) is 11.4 Å². The molecule has 0 amide bonds. The highest BCUT2D eigenvalue weighted by Crippen LogP contribution is 2.38. The van der Waals surface area contributed by atoms with Gasteiger partial charge in [0.2, 0.25) is 0 Å². The summed E-state index contributed by atoms with van der Waals surface area (Å²) in [6.45, 7) is 3.38. The van der Waals surface area contributed by atoms with Crippen LogP contribution in [0.2, 0.25) is 0 Å². The van der Waals surface area contributed by atoms with Gasteiger partial charge in [-0.25, -0.2) is 9.37 Å². The Kier molecular flexibility index (Phi) is 3.97. The molecule has 110 valence electrons. The summed E-state index contributed by atoms with van der Waals surface area (Å²) >= 11 is 0. The molecule has 0 saturated carbocycles. The van der Waals surface area contributed by atoms with Gasteiger partial charge in [0.25, 0.3) is 0 Å². The molecule has 0 spiro atoms. The second kappa shape index (κ2) is 5.55. The van der Waals surface area contributed by atoms with E-state index in [1.54, 1.807) is 0 Å². The number of hydrogen-bond donors (Lipinski definition) is 0. The zero-order chi connectivity index (χ0) is 15.6. The Hall–Kier alpha value is -2.37. The van der Waals surface area contributed by atoms with Crippen molar-refractivity contribution >= 4 is 6.08 Å². The standard InChI is InChI=1S/C15H11F4NO/c1-3-9-4-6-11(14(20-9)15(17,18)19)12-8-10(21-2)5-7-13(12)16/h3-8H,1H2,2H3. The van der Waals surface area contributed by atoms with Gasteiger partial charge >= 0.3 is 6.18 Å². The largest absolute Gasteiger partial charge is 0.497 e. The molecule has 0 fully saturated rings. The van der Waals surface area contributed by atoms with Crippen molar-refractivity contribution in [1.29, 1.82) is 0 Å². The lowest BCUT2D eigenvalue weighted by Crippen LogP contribution is -2.11. The molecule has 0 radical (unpaired) electrons. The molecular formula is C15H11F4NO. The number of pyridine rings is 1. The molecule has 0 N–H and O–H groups in total. The maximum Gasteiger partial charge on any atom is 0.433 e. The number of alkyl halides is 3. The Balaban J connectivity index is 2.71. The average molecular weight is 297 g/mol. The fourth-order valence-electron chi connectivity index (χ4n) is 1.86. The summed E-state index contributed by atoms with van der Waals surface area (Å²) in [5, 5.41) is 0. The first-order valence-electron chi connectivity index (χ1n) is 5.91. The Morgan fingerprint density at radius 2 is 1.86 bits per heavy atom. The Morgan fingerprint density at radius 3 is 2.43 bits per heavy atom. The summed E-state index contributed by atoms with van der Waals surface area (Å²) in [7, 11) is 1.35. The zero-order valence-corrected chi connectivity index (χ0v) is 11.0. The van der Waals surface area contributed by atoms with Crippen molar-refractivity contribution in [3.8, 4) is 16.9 Å². The molecule has 0 bridgehead atoms. The summed E-state index contributed by atoms with van der Waals surface area (Å²) in [6, 6.07) is 6.10. The summed E-state index contributed by atoms with van der Waals surface area (Å²) in [4.78, 5) is 3.48. The molecule has 2 rings (SSSR count). The minimum absolute atomic E-state index is 0.0642. The van der Waals surface area contributed by atoms with Gasteiger partial charge in [-0.1, -0.05) is 6.58 Å². The van der Waals surface area contributed by atoms with Crippen molar-refractivity contribution < 1.29 is 22.3 Å². The van der Waals surface area contributed by atoms with E-state index in [2.05, 4.69) is 11.6 Å². The van der Waals surface area contributed by atoms with E-state index in [1.807, 2.05) is 0 Å². The van der Waals surface area contributed by atoms with Crippen molar-refractivity contribution in [3.63, 3.8) is 0 Å². The van der Waals surface area contributed by atoms with Gasteiger partial charge in [-0.3, -0.25) is 0 Å². The predicted molar refractivity (Wildman–Crippen MR) is 71.3 cm³/mol. The van der Waals surface area contributed by atoms with Crippen LogP contribution in [0.25, 0.3) is 17.2 Å². The van der Waals surface area contributed by atoms with Crippen LogP contribution in [-0.2, 0) is 6.18 Å². The third-order valence-electron chi connectivity index (χ3n) is 2.86. The van der Waals surface area contributed by atoms with Crippen LogP contribution in [0.4, 0.5) is 17.6 Å². The van der Waals surface area contributed by atoms with Crippen LogP contribution in [0, 0.1) is 5.82 Å². The second-order valence-corrected chi connectivity index (χ2v) is 4.18. The first-order chi connectivity index (χ1) is 9.86. The lowest BCUT2D eigenvalue weighted by molar-refractivity contribution is -0.140. The van der Waals surface area contributed by atoms with E-state index in [0.29, 0.717) is 0 Å². The fraction of sp³-hybridized carbons (Fsp3) is 0.133. The minimum atomic E-state index is -4.70. The van der Waals surface area contributed by atoms with Crippen molar-refractivity contribution in [3.05, 3.63) is 54.1 Å². The van der Waals surface area contributed by atoms with Crippen molar-refractivity contribution in [1.82, 2.24) is 4.98 Å². The molecule has 0 aliphatic heterocycles. The normalized spacial score (nSPS) is 11.3. The summed E-state index contributed by atoms with van der Waals surface area (Å²) in [5.74, 6) is -0.526. The number of methoxy groups -OCH3 is 1. The summed E-state index contributed by atoms with van der Waals surface area (Å²) in [5.41, 5.74) is -1.66. The maximum atomic E-state index is 13.9. The van der Waals surface area contributed by atoms with E-state index in [-0.39, 0.29) is 22.6 Å². The Bertz CT molecular complexity index is 680. The van der Waals surface area contributed by atoms with E-state index in [9.17, 15) is 17.6 Å². The van der Waals surface area contributed by atoms with Crippen molar-refractivity contribution in [2.75, 3.05) is 7.11 Å². The Labute approximate surface area is 118 Å². The van der Waals surface area contributed by atoms with E-state index in [1.165, 1.54) is 37.5 Å². The highest BCUT2D eigenvalue weighted by Gasteiger charge is 2.36. The molecule has 0 unspecified atom stereocenters. The average Bonchev–Trinajstić information content (AvgIpc) is 2.46. The van der Waals surface area contributed by atoms with Crippen LogP contribution >= 0.6 is 0 Å². The Morgan fingerprint density at radius 1 is 1.14 bits per heavy atom. The lowest BCUT2D eigenvalue weighted by atomic mass is 10.0. The topological polar surface area (TPSA) is 22.1 Å². The number of halogens is 4. The number of aromatic nitrogens is 1. The molecule has 0 aliphatic carbocycles. The highest BCUT2D eigenvalue weighted by molar-refractivity contribution is 5.69. The minimum Gasteiger partial charge on any atom is -0.497 e. The summed E-state index contributed by atoms with van der Waals surface area (Å²) < 4.78 is 58.1. The van der Waals surface area contributed by atoms with E-state index in [0.717, 1.165) is 6.07 Å². The molecule has 1 aromatic heterocycles. The van der Waals surface area contributed by atoms with Gasteiger partial charge in [0, 0.05) is 11.1 Å². The van der Waals surface area contributed by atoms with E-state index in [4.69, 9.17) is 4.74 Å². The van der Waals surface area contributed by atoms with Crippen molar-refractivity contribution in [2.45, 2.75) is 6.18 Å². The highest BCUT2D eigenvalue weighted by atomic mass is 19.4. The molecule has 0 atom stereocenters. The third kappa shape index (κ3) is 3.04. The predicted octanol–water partition coefficient (Wildman–Crippen LogP) is 4.56. The van der Waals surface area contributed by atoms with Crippen LogP contribution in [-0.4, -0.2) is 12.1 Å². The van der Waals surface area contributed by atoms with Gasteiger partial charge < -0.3 is 4.74 Å². The number of hydrogen-bond acceptors (Lipinski definition) is 2. The van der Waals surface area contributed by atoms with Crippen LogP contribution in [0.15, 0.2) is 36.9 Å². The molecule has 2 nitrogen and oxygen atoms in total. The van der Waals surface area contributed by atoms with Gasteiger partial charge in [-0.15, -0.1) is 0 Å². The van der Waals surface area contributed by atoms with Gasteiger partial charge in [-0.2, -0.15) is 13.2 Å². The second-order valence-electron chi connectivity index (χ2n) is 4.18. The SMILES string of the molecule is C=Cc1ccc(-c2cc(OC)ccc2F)c(C(F)(F)F)n1. The molecule has 0 aliphatic rings. The number of rotatable bonds is 3. The first kappa shape index (κ1) is 15.0. The molecule has 1 heterocycles. The van der Waals surface area contributed by atoms with Crippen molar-refractivity contribution in [2.24, 2.45) is 0 Å². The lowest BCUT2D eigenvalue weighted by Gasteiger charge is -2.14. The molecule has 6 heteroatoms. The van der Waals surface area contributed by atoms with Gasteiger partial charge in [-0.05, 0) is 36.4 Å². The quantitative estimate of drug-likeness (QED) is 0.775. The van der Waals surface area contributed by atoms with Crippen LogP contribution in [0.3, 0.4) is 0 Å². The fourth-order valence-corrected chi connectivity index (χ4v) is 1.86. The molecular weight excluding hydrogens is 286 g/mol. The number of ether oxygens (including phenoxy) is 1. The first-order valence-corrected chi connectivity index (χ1v) is 5.91. The van der Waals surface area contributed by atoms with Gasteiger partial charge in [0.1, 0.15) is 11.6 Å². The molecule has 0 saturated heterocycles. The molecule has 2 aromatic rings. The monoisotopic (exact) mass is 297 g/mol. The zero-order valence-electron chi connectivity index (χ0n) is 11.0. The van der Waals surface area contributed by atoms with Crippen LogP contribution in [0.5, 0.6) is 5.75 Å². The number of benzene rings is 1. The van der Waals surface area contributed by atoms with E-state index >= 15 is 0 Å². The van der Waals surface area contributed by atoms with Gasteiger partial charge in [0.15, 0.2) is 5.69 Å².